The number of rotatable bonds is 4. The Bertz CT molecular complexity index is 391. The maximum atomic E-state index is 12.1. The van der Waals surface area contributed by atoms with Crippen LogP contribution in [0.3, 0.4) is 0 Å². The van der Waals surface area contributed by atoms with Gasteiger partial charge in [-0.05, 0) is 70.8 Å². The number of likely N-dealkylation sites (tertiary alicyclic amines) is 1. The van der Waals surface area contributed by atoms with Crippen LogP contribution in [0.2, 0.25) is 0 Å². The first-order valence-corrected chi connectivity index (χ1v) is 9.46. The Labute approximate surface area is 142 Å². The summed E-state index contributed by atoms with van der Waals surface area (Å²) in [6.45, 7) is 13.3. The second-order valence-corrected chi connectivity index (χ2v) is 8.83. The van der Waals surface area contributed by atoms with Gasteiger partial charge in [-0.25, -0.2) is 4.79 Å². The maximum Gasteiger partial charge on any atom is 0.410 e. The van der Waals surface area contributed by atoms with Crippen LogP contribution in [-0.4, -0.2) is 42.3 Å². The Morgan fingerprint density at radius 2 is 1.96 bits per heavy atom. The van der Waals surface area contributed by atoms with Gasteiger partial charge >= 0.3 is 6.09 Å². The largest absolute Gasteiger partial charge is 0.444 e. The number of nitrogens with one attached hydrogen (secondary N) is 1. The van der Waals surface area contributed by atoms with Gasteiger partial charge in [-0.1, -0.05) is 20.3 Å². The molecule has 2 aliphatic rings. The predicted molar refractivity (Wildman–Crippen MR) is 94.5 cm³/mol. The molecule has 4 atom stereocenters. The van der Waals surface area contributed by atoms with Crippen molar-refractivity contribution in [2.45, 2.75) is 78.4 Å². The zero-order valence-electron chi connectivity index (χ0n) is 15.7. The standard InChI is InChI=1S/C19H36N2O2/c1-14-6-7-15(2)17(12-14)20-10-8-16-9-11-21(13-16)18(22)23-19(3,4)5/h14-17,20H,6-13H2,1-5H3. The van der Waals surface area contributed by atoms with Gasteiger partial charge in [-0.3, -0.25) is 0 Å². The van der Waals surface area contributed by atoms with Crippen molar-refractivity contribution in [2.75, 3.05) is 19.6 Å². The normalized spacial score (nSPS) is 32.1. The van der Waals surface area contributed by atoms with Gasteiger partial charge in [0.05, 0.1) is 0 Å². The minimum absolute atomic E-state index is 0.150. The quantitative estimate of drug-likeness (QED) is 0.848. The van der Waals surface area contributed by atoms with Crippen molar-refractivity contribution < 1.29 is 9.53 Å². The molecule has 0 bridgehead atoms. The first-order valence-electron chi connectivity index (χ1n) is 9.46. The Morgan fingerprint density at radius 1 is 1.22 bits per heavy atom. The van der Waals surface area contributed by atoms with Crippen molar-refractivity contribution in [3.63, 3.8) is 0 Å². The van der Waals surface area contributed by atoms with Gasteiger partial charge in [-0.2, -0.15) is 0 Å². The first-order chi connectivity index (χ1) is 10.7. The van der Waals surface area contributed by atoms with Crippen LogP contribution in [-0.2, 0) is 4.74 Å². The molecule has 0 aromatic carbocycles. The summed E-state index contributed by atoms with van der Waals surface area (Å²) in [5.41, 5.74) is -0.398. The highest BCUT2D eigenvalue weighted by Gasteiger charge is 2.30. The smallest absolute Gasteiger partial charge is 0.410 e. The number of amides is 1. The Kier molecular flexibility index (Phi) is 6.35. The lowest BCUT2D eigenvalue weighted by atomic mass is 9.80. The second-order valence-electron chi connectivity index (χ2n) is 8.83. The third-order valence-corrected chi connectivity index (χ3v) is 5.35. The van der Waals surface area contributed by atoms with E-state index in [9.17, 15) is 4.79 Å². The molecular formula is C19H36N2O2. The van der Waals surface area contributed by atoms with Crippen molar-refractivity contribution in [1.29, 1.82) is 0 Å². The summed E-state index contributed by atoms with van der Waals surface area (Å²) in [7, 11) is 0. The van der Waals surface area contributed by atoms with Gasteiger partial charge in [0.1, 0.15) is 5.60 Å². The fourth-order valence-electron chi connectivity index (χ4n) is 3.85. The molecule has 1 heterocycles. The minimum atomic E-state index is -0.398. The van der Waals surface area contributed by atoms with Crippen molar-refractivity contribution in [2.24, 2.45) is 17.8 Å². The minimum Gasteiger partial charge on any atom is -0.444 e. The highest BCUT2D eigenvalue weighted by atomic mass is 16.6. The molecule has 0 aromatic rings. The van der Waals surface area contributed by atoms with Crippen molar-refractivity contribution >= 4 is 6.09 Å². The molecule has 0 spiro atoms. The summed E-state index contributed by atoms with van der Waals surface area (Å²) in [6.07, 6.45) is 6.17. The van der Waals surface area contributed by atoms with E-state index in [0.717, 1.165) is 44.3 Å². The van der Waals surface area contributed by atoms with E-state index in [1.54, 1.807) is 0 Å². The highest BCUT2D eigenvalue weighted by molar-refractivity contribution is 5.68. The van der Waals surface area contributed by atoms with Crippen LogP contribution in [0, 0.1) is 17.8 Å². The predicted octanol–water partition coefficient (Wildman–Crippen LogP) is 4.05. The average molecular weight is 325 g/mol. The third-order valence-electron chi connectivity index (χ3n) is 5.35. The van der Waals surface area contributed by atoms with Crippen molar-refractivity contribution in [1.82, 2.24) is 10.2 Å². The number of ether oxygens (including phenoxy) is 1. The fourth-order valence-corrected chi connectivity index (χ4v) is 3.85. The molecular weight excluding hydrogens is 288 g/mol. The summed E-state index contributed by atoms with van der Waals surface area (Å²) >= 11 is 0. The molecule has 4 unspecified atom stereocenters. The van der Waals surface area contributed by atoms with Crippen LogP contribution in [0.15, 0.2) is 0 Å². The molecule has 1 aliphatic heterocycles. The number of nitrogens with zero attached hydrogens (tertiary/aromatic N) is 1. The summed E-state index contributed by atoms with van der Waals surface area (Å²) in [6, 6.07) is 0.683. The number of hydrogen-bond donors (Lipinski definition) is 1. The van der Waals surface area contributed by atoms with E-state index in [2.05, 4.69) is 19.2 Å². The molecule has 1 saturated carbocycles. The van der Waals surface area contributed by atoms with E-state index >= 15 is 0 Å². The van der Waals surface area contributed by atoms with Gasteiger partial charge in [0, 0.05) is 19.1 Å². The number of carbonyl (C=O) groups is 1. The molecule has 1 aliphatic carbocycles. The molecule has 1 amide bonds. The Morgan fingerprint density at radius 3 is 2.65 bits per heavy atom. The van der Waals surface area contributed by atoms with Crippen LogP contribution in [0.25, 0.3) is 0 Å². The van der Waals surface area contributed by atoms with Crippen molar-refractivity contribution in [3.8, 4) is 0 Å². The van der Waals surface area contributed by atoms with E-state index in [-0.39, 0.29) is 6.09 Å². The average Bonchev–Trinajstić information content (AvgIpc) is 2.90. The molecule has 0 aromatic heterocycles. The van der Waals surface area contributed by atoms with Gasteiger partial charge in [0.25, 0.3) is 0 Å². The molecule has 0 radical (unpaired) electrons. The zero-order valence-corrected chi connectivity index (χ0v) is 15.7. The van der Waals surface area contributed by atoms with E-state index < -0.39 is 5.60 Å². The van der Waals surface area contributed by atoms with Gasteiger partial charge < -0.3 is 15.0 Å². The maximum absolute atomic E-state index is 12.1. The van der Waals surface area contributed by atoms with Crippen LogP contribution in [0.5, 0.6) is 0 Å². The molecule has 23 heavy (non-hydrogen) atoms. The molecule has 2 fully saturated rings. The lowest BCUT2D eigenvalue weighted by molar-refractivity contribution is 0.0287. The molecule has 1 N–H and O–H groups in total. The zero-order chi connectivity index (χ0) is 17.0. The summed E-state index contributed by atoms with van der Waals surface area (Å²) in [5, 5.41) is 3.78. The third kappa shape index (κ3) is 5.98. The highest BCUT2D eigenvalue weighted by Crippen LogP contribution is 2.28. The lowest BCUT2D eigenvalue weighted by Gasteiger charge is -2.33. The second kappa shape index (κ2) is 7.87. The Balaban J connectivity index is 1.67. The summed E-state index contributed by atoms with van der Waals surface area (Å²) < 4.78 is 5.47. The number of carbonyl (C=O) groups excluding carboxylic acids is 1. The monoisotopic (exact) mass is 324 g/mol. The van der Waals surface area contributed by atoms with Crippen LogP contribution < -0.4 is 5.32 Å². The van der Waals surface area contributed by atoms with Crippen molar-refractivity contribution in [3.05, 3.63) is 0 Å². The van der Waals surface area contributed by atoms with E-state index in [4.69, 9.17) is 4.74 Å². The summed E-state index contributed by atoms with van der Waals surface area (Å²) in [5.74, 6) is 2.28. The lowest BCUT2D eigenvalue weighted by Crippen LogP contribution is -2.40. The fraction of sp³-hybridized carbons (Fsp3) is 0.947. The first kappa shape index (κ1) is 18.6. The van der Waals surface area contributed by atoms with E-state index in [0.29, 0.717) is 12.0 Å². The van der Waals surface area contributed by atoms with E-state index in [1.807, 2.05) is 25.7 Å². The number of hydrogen-bond acceptors (Lipinski definition) is 3. The topological polar surface area (TPSA) is 41.6 Å². The van der Waals surface area contributed by atoms with Crippen LogP contribution in [0.4, 0.5) is 4.79 Å². The molecule has 4 heteroatoms. The SMILES string of the molecule is CC1CCC(C)C(NCCC2CCN(C(=O)OC(C)(C)C)C2)C1. The van der Waals surface area contributed by atoms with Gasteiger partial charge in [0.15, 0.2) is 0 Å². The van der Waals surface area contributed by atoms with Gasteiger partial charge in [-0.15, -0.1) is 0 Å². The molecule has 2 rings (SSSR count). The molecule has 1 saturated heterocycles. The molecule has 134 valence electrons. The van der Waals surface area contributed by atoms with E-state index in [1.165, 1.54) is 19.3 Å². The molecule has 4 nitrogen and oxygen atoms in total. The van der Waals surface area contributed by atoms with Crippen LogP contribution >= 0.6 is 0 Å². The Hall–Kier alpha value is -0.770. The van der Waals surface area contributed by atoms with Crippen LogP contribution in [0.1, 0.15) is 66.7 Å². The summed E-state index contributed by atoms with van der Waals surface area (Å²) in [4.78, 5) is 14.0. The van der Waals surface area contributed by atoms with Gasteiger partial charge in [0.2, 0.25) is 0 Å².